The fourth-order valence-corrected chi connectivity index (χ4v) is 6.05. The number of hydrogen-bond acceptors (Lipinski definition) is 12. The molecule has 2 aliphatic carbocycles. The van der Waals surface area contributed by atoms with E-state index in [0.29, 0.717) is 31.6 Å². The minimum atomic E-state index is -0.621. The number of esters is 4. The highest BCUT2D eigenvalue weighted by atomic mass is 17.5. The predicted octanol–water partition coefficient (Wildman–Crippen LogP) is 5.35. The lowest BCUT2D eigenvalue weighted by molar-refractivity contribution is -0.513. The average molecular weight is 636 g/mol. The van der Waals surface area contributed by atoms with Crippen molar-refractivity contribution < 1.29 is 53.0 Å². The molecule has 0 aromatic heterocycles. The van der Waals surface area contributed by atoms with Crippen molar-refractivity contribution in [1.29, 1.82) is 0 Å². The summed E-state index contributed by atoms with van der Waals surface area (Å²) in [5.41, 5.74) is 0.650. The highest BCUT2D eigenvalue weighted by molar-refractivity contribution is 5.78. The second kappa shape index (κ2) is 17.4. The van der Waals surface area contributed by atoms with Crippen LogP contribution in [0.5, 0.6) is 0 Å². The van der Waals surface area contributed by atoms with Crippen LogP contribution in [0.2, 0.25) is 0 Å². The van der Waals surface area contributed by atoms with Gasteiger partial charge < -0.3 is 18.9 Å². The summed E-state index contributed by atoms with van der Waals surface area (Å²) in [7, 11) is 0. The van der Waals surface area contributed by atoms with Gasteiger partial charge in [-0.05, 0) is 62.9 Å². The molecule has 0 amide bonds. The highest BCUT2D eigenvalue weighted by Gasteiger charge is 2.43. The number of rotatable bonds is 17. The molecule has 12 nitrogen and oxygen atoms in total. The summed E-state index contributed by atoms with van der Waals surface area (Å²) in [6.07, 6.45) is 8.63. The van der Waals surface area contributed by atoms with E-state index in [0.717, 1.165) is 12.8 Å². The average Bonchev–Trinajstić information content (AvgIpc) is 2.98. The number of allylic oxidation sites excluding steroid dienone is 3. The second-order valence-electron chi connectivity index (χ2n) is 12.9. The molecule has 0 spiro atoms. The quantitative estimate of drug-likeness (QED) is 0.0509. The normalized spacial score (nSPS) is 27.8. The van der Waals surface area contributed by atoms with Crippen molar-refractivity contribution in [2.24, 2.45) is 34.2 Å². The largest absolute Gasteiger partial charge is 0.466 e. The van der Waals surface area contributed by atoms with Gasteiger partial charge in [0.05, 0.1) is 37.9 Å². The molecule has 1 fully saturated rings. The Morgan fingerprint density at radius 3 is 2.56 bits per heavy atom. The maximum atomic E-state index is 13.1. The molecule has 0 saturated carbocycles. The number of ether oxygens (including phenoxy) is 4. The SMILES string of the molecule is C=NOOOCCCOC(=O)CCC(=O)OC1CC(=O)OC(CCC2[C@@H](C)C=CC3=C[C@H](C)C[C@H](OC(=O)C(C)(C)CC)[C@@H]32)C1. The minimum absolute atomic E-state index is 0.0267. The zero-order chi connectivity index (χ0) is 33.0. The summed E-state index contributed by atoms with van der Waals surface area (Å²) in [6.45, 7) is 13.4. The van der Waals surface area contributed by atoms with Crippen LogP contribution in [0.4, 0.5) is 0 Å². The van der Waals surface area contributed by atoms with Gasteiger partial charge in [-0.3, -0.25) is 19.2 Å². The number of nitrogens with zero attached hydrogens (tertiary/aromatic N) is 1. The lowest BCUT2D eigenvalue weighted by Crippen LogP contribution is -2.43. The lowest BCUT2D eigenvalue weighted by Gasteiger charge is -2.44. The molecular formula is C33H49NO11. The van der Waals surface area contributed by atoms with Crippen LogP contribution in [0.1, 0.15) is 92.4 Å². The number of cyclic esters (lactones) is 1. The van der Waals surface area contributed by atoms with E-state index in [4.69, 9.17) is 18.9 Å². The van der Waals surface area contributed by atoms with E-state index >= 15 is 0 Å². The van der Waals surface area contributed by atoms with Crippen molar-refractivity contribution in [2.45, 2.75) is 111 Å². The number of carbonyl (C=O) groups excluding carboxylic acids is 4. The van der Waals surface area contributed by atoms with E-state index in [9.17, 15) is 19.2 Å². The molecule has 0 bridgehead atoms. The fourth-order valence-electron chi connectivity index (χ4n) is 6.05. The van der Waals surface area contributed by atoms with Gasteiger partial charge in [0, 0.05) is 30.5 Å². The van der Waals surface area contributed by atoms with Gasteiger partial charge in [0.15, 0.2) is 0 Å². The van der Waals surface area contributed by atoms with Gasteiger partial charge in [-0.15, -0.1) is 0 Å². The molecule has 7 atom stereocenters. The van der Waals surface area contributed by atoms with E-state index in [1.54, 1.807) is 0 Å². The summed E-state index contributed by atoms with van der Waals surface area (Å²) < 4.78 is 22.5. The molecule has 1 aliphatic heterocycles. The van der Waals surface area contributed by atoms with Crippen molar-refractivity contribution in [3.05, 3.63) is 23.8 Å². The topological polar surface area (TPSA) is 145 Å². The van der Waals surface area contributed by atoms with E-state index < -0.39 is 35.5 Å². The lowest BCUT2D eigenvalue weighted by atomic mass is 9.65. The molecule has 12 heteroatoms. The monoisotopic (exact) mass is 635 g/mol. The Hall–Kier alpha value is -3.25. The van der Waals surface area contributed by atoms with Crippen LogP contribution in [0.3, 0.4) is 0 Å². The predicted molar refractivity (Wildman–Crippen MR) is 162 cm³/mol. The zero-order valence-electron chi connectivity index (χ0n) is 27.2. The first kappa shape index (κ1) is 36.2. The van der Waals surface area contributed by atoms with Gasteiger partial charge in [0.25, 0.3) is 0 Å². The summed E-state index contributed by atoms with van der Waals surface area (Å²) >= 11 is 0. The molecule has 1 saturated heterocycles. The minimum Gasteiger partial charge on any atom is -0.466 e. The van der Waals surface area contributed by atoms with Gasteiger partial charge in [-0.25, -0.2) is 0 Å². The van der Waals surface area contributed by atoms with Crippen LogP contribution >= 0.6 is 0 Å². The summed E-state index contributed by atoms with van der Waals surface area (Å²) in [6, 6.07) is 0. The first-order valence-electron chi connectivity index (χ1n) is 16.0. The fraction of sp³-hybridized carbons (Fsp3) is 0.727. The molecule has 1 heterocycles. The molecular weight excluding hydrogens is 586 g/mol. The van der Waals surface area contributed by atoms with Crippen LogP contribution in [-0.2, 0) is 53.0 Å². The van der Waals surface area contributed by atoms with E-state index in [-0.39, 0.29) is 62.3 Å². The molecule has 252 valence electrons. The zero-order valence-corrected chi connectivity index (χ0v) is 27.2. The van der Waals surface area contributed by atoms with Crippen LogP contribution in [0, 0.1) is 29.1 Å². The third kappa shape index (κ3) is 11.2. The maximum Gasteiger partial charge on any atom is 0.311 e. The van der Waals surface area contributed by atoms with Crippen LogP contribution < -0.4 is 0 Å². The first-order chi connectivity index (χ1) is 21.4. The molecule has 0 aromatic carbocycles. The summed E-state index contributed by atoms with van der Waals surface area (Å²) in [5, 5.41) is 7.14. The molecule has 3 aliphatic rings. The Labute approximate surface area is 265 Å². The third-order valence-electron chi connectivity index (χ3n) is 8.93. The standard InChI is InChI=1S/C33H49NO11/c1-7-33(4,5)32(38)43-27-18-21(2)17-23-10-9-22(3)26(31(23)27)12-11-24-19-25(20-30(37)41-24)42-29(36)14-13-28(35)39-15-8-16-40-45-44-34-6/h9-10,17,21-22,24-27,31H,6-8,11-16,18-20H2,1-5H3/t21-,22-,24?,25?,26?,27-,31-/m0/s1. The smallest absolute Gasteiger partial charge is 0.311 e. The van der Waals surface area contributed by atoms with Gasteiger partial charge in [0.1, 0.15) is 18.3 Å². The molecule has 3 unspecified atom stereocenters. The van der Waals surface area contributed by atoms with Crippen LogP contribution in [-0.4, -0.2) is 62.1 Å². The molecule has 45 heavy (non-hydrogen) atoms. The molecule has 3 rings (SSSR count). The summed E-state index contributed by atoms with van der Waals surface area (Å²) in [4.78, 5) is 58.6. The van der Waals surface area contributed by atoms with Crippen molar-refractivity contribution in [3.63, 3.8) is 0 Å². The van der Waals surface area contributed by atoms with E-state index in [1.807, 2.05) is 20.8 Å². The first-order valence-corrected chi connectivity index (χ1v) is 16.0. The van der Waals surface area contributed by atoms with Gasteiger partial charge >= 0.3 is 23.9 Å². The molecule has 0 radical (unpaired) electrons. The van der Waals surface area contributed by atoms with Gasteiger partial charge in [-0.2, -0.15) is 9.88 Å². The van der Waals surface area contributed by atoms with Crippen LogP contribution in [0.25, 0.3) is 0 Å². The van der Waals surface area contributed by atoms with Crippen molar-refractivity contribution in [1.82, 2.24) is 0 Å². The number of carbonyl (C=O) groups is 4. The summed E-state index contributed by atoms with van der Waals surface area (Å²) in [5.74, 6) is -0.912. The van der Waals surface area contributed by atoms with Gasteiger partial charge in [0.2, 0.25) is 0 Å². The Balaban J connectivity index is 1.50. The Morgan fingerprint density at radius 2 is 1.82 bits per heavy atom. The molecule has 0 aromatic rings. The molecule has 0 N–H and O–H groups in total. The Bertz CT molecular complexity index is 1100. The Morgan fingerprint density at radius 1 is 1.07 bits per heavy atom. The van der Waals surface area contributed by atoms with Gasteiger partial charge in [-0.1, -0.05) is 44.2 Å². The van der Waals surface area contributed by atoms with E-state index in [1.165, 1.54) is 5.57 Å². The second-order valence-corrected chi connectivity index (χ2v) is 12.9. The van der Waals surface area contributed by atoms with Crippen LogP contribution in [0.15, 0.2) is 29.0 Å². The number of hydrogen-bond donors (Lipinski definition) is 0. The number of oxime groups is 1. The van der Waals surface area contributed by atoms with Crippen molar-refractivity contribution >= 4 is 30.6 Å². The highest BCUT2D eigenvalue weighted by Crippen LogP contribution is 2.45. The van der Waals surface area contributed by atoms with E-state index in [2.05, 4.69) is 58.9 Å². The maximum absolute atomic E-state index is 13.1. The third-order valence-corrected chi connectivity index (χ3v) is 8.93. The Kier molecular flexibility index (Phi) is 14.0. The van der Waals surface area contributed by atoms with Crippen molar-refractivity contribution in [3.8, 4) is 0 Å². The number of fused-ring (bicyclic) bond motifs is 1. The van der Waals surface area contributed by atoms with Crippen molar-refractivity contribution in [2.75, 3.05) is 13.2 Å².